The highest BCUT2D eigenvalue weighted by molar-refractivity contribution is 6.30. The van der Waals surface area contributed by atoms with E-state index in [1.807, 2.05) is 6.92 Å². The average molecular weight is 331 g/mol. The Balaban J connectivity index is 2.16. The normalized spacial score (nSPS) is 11.4. The summed E-state index contributed by atoms with van der Waals surface area (Å²) in [5.74, 6) is -1.26. The number of halogens is 1. The molecular formula is C15H11ClN4O3. The quantitative estimate of drug-likeness (QED) is 0.705. The number of imidazole rings is 1. The Morgan fingerprint density at radius 1 is 1.26 bits per heavy atom. The van der Waals surface area contributed by atoms with E-state index in [1.54, 1.807) is 24.3 Å². The summed E-state index contributed by atoms with van der Waals surface area (Å²) in [5.41, 5.74) is 1.26. The zero-order valence-electron chi connectivity index (χ0n) is 11.9. The number of aryl methyl sites for hydroxylation is 1. The molecule has 1 aromatic carbocycles. The number of aromatic carboxylic acids is 1. The summed E-state index contributed by atoms with van der Waals surface area (Å²) >= 11 is 5.93. The van der Waals surface area contributed by atoms with Gasteiger partial charge in [0.1, 0.15) is 17.1 Å². The van der Waals surface area contributed by atoms with Crippen molar-refractivity contribution in [2.24, 2.45) is 10.2 Å². The van der Waals surface area contributed by atoms with Gasteiger partial charge >= 0.3 is 5.97 Å². The lowest BCUT2D eigenvalue weighted by atomic mass is 10.2. The number of fused-ring (bicyclic) bond motifs is 1. The molecule has 2 heterocycles. The number of phenols is 1. The summed E-state index contributed by atoms with van der Waals surface area (Å²) in [5, 5.41) is 27.4. The second-order valence-corrected chi connectivity index (χ2v) is 5.29. The minimum absolute atomic E-state index is 0.0240. The molecule has 0 saturated carbocycles. The number of carboxylic acid groups (broad SMARTS) is 1. The number of benzene rings is 1. The molecule has 0 aliphatic heterocycles. The van der Waals surface area contributed by atoms with Crippen LogP contribution in [0.1, 0.15) is 16.1 Å². The van der Waals surface area contributed by atoms with Crippen LogP contribution in [-0.2, 0) is 0 Å². The first-order valence-electron chi connectivity index (χ1n) is 6.58. The zero-order valence-corrected chi connectivity index (χ0v) is 12.7. The smallest absolute Gasteiger partial charge is 0.358 e. The minimum atomic E-state index is -1.23. The summed E-state index contributed by atoms with van der Waals surface area (Å²) in [6, 6.07) is 8.04. The minimum Gasteiger partial charge on any atom is -0.506 e. The molecule has 0 bridgehead atoms. The Hall–Kier alpha value is -2.93. The largest absolute Gasteiger partial charge is 0.506 e. The van der Waals surface area contributed by atoms with E-state index in [1.165, 1.54) is 16.7 Å². The van der Waals surface area contributed by atoms with Crippen molar-refractivity contribution in [3.05, 3.63) is 52.8 Å². The average Bonchev–Trinajstić information content (AvgIpc) is 2.86. The van der Waals surface area contributed by atoms with Gasteiger partial charge in [0.15, 0.2) is 11.5 Å². The second kappa shape index (κ2) is 5.69. The van der Waals surface area contributed by atoms with Gasteiger partial charge in [-0.3, -0.25) is 4.40 Å². The van der Waals surface area contributed by atoms with Gasteiger partial charge in [0.05, 0.1) is 5.02 Å². The number of nitrogens with zero attached hydrogens (tertiary/aromatic N) is 4. The van der Waals surface area contributed by atoms with Gasteiger partial charge in [0.2, 0.25) is 0 Å². The molecule has 2 aromatic heterocycles. The van der Waals surface area contributed by atoms with Crippen molar-refractivity contribution in [2.45, 2.75) is 6.92 Å². The van der Waals surface area contributed by atoms with Crippen LogP contribution in [0.5, 0.6) is 5.75 Å². The van der Waals surface area contributed by atoms with Crippen LogP contribution in [0.25, 0.3) is 5.65 Å². The van der Waals surface area contributed by atoms with E-state index in [-0.39, 0.29) is 22.9 Å². The monoisotopic (exact) mass is 330 g/mol. The molecule has 0 unspecified atom stereocenters. The molecule has 3 aromatic rings. The number of carbonyl (C=O) groups is 1. The van der Waals surface area contributed by atoms with Crippen molar-refractivity contribution < 1.29 is 15.0 Å². The van der Waals surface area contributed by atoms with Crippen molar-refractivity contribution >= 4 is 34.7 Å². The molecular weight excluding hydrogens is 320 g/mol. The van der Waals surface area contributed by atoms with Gasteiger partial charge in [-0.25, -0.2) is 9.78 Å². The molecule has 3 rings (SSSR count). The number of hydrogen-bond donors (Lipinski definition) is 2. The van der Waals surface area contributed by atoms with E-state index < -0.39 is 5.97 Å². The number of phenolic OH excluding ortho intramolecular Hbond substituents is 1. The summed E-state index contributed by atoms with van der Waals surface area (Å²) in [6.07, 6.45) is 1.50. The Morgan fingerprint density at radius 3 is 2.78 bits per heavy atom. The standard InChI is InChI=1S/C15H11ClN4O3/c1-8-2-4-11(21)10(6-8)18-19-14-13(15(22)23)17-12-5-3-9(16)7-20(12)14/h2-7,21H,1H3,(H,22,23). The molecule has 0 saturated heterocycles. The molecule has 2 N–H and O–H groups in total. The summed E-state index contributed by atoms with van der Waals surface area (Å²) in [4.78, 5) is 15.3. The first-order valence-corrected chi connectivity index (χ1v) is 6.96. The van der Waals surface area contributed by atoms with E-state index >= 15 is 0 Å². The molecule has 8 heteroatoms. The SMILES string of the molecule is Cc1ccc(O)c(N=Nc2c(C(=O)O)nc3ccc(Cl)cn23)c1. The van der Waals surface area contributed by atoms with Gasteiger partial charge in [0.25, 0.3) is 0 Å². The van der Waals surface area contributed by atoms with E-state index in [2.05, 4.69) is 15.2 Å². The number of aromatic hydroxyl groups is 1. The number of pyridine rings is 1. The lowest BCUT2D eigenvalue weighted by Gasteiger charge is -2.00. The zero-order chi connectivity index (χ0) is 16.6. The van der Waals surface area contributed by atoms with Crippen molar-refractivity contribution in [3.8, 4) is 5.75 Å². The molecule has 116 valence electrons. The second-order valence-electron chi connectivity index (χ2n) is 4.86. The fraction of sp³-hybridized carbons (Fsp3) is 0.0667. The molecule has 23 heavy (non-hydrogen) atoms. The van der Waals surface area contributed by atoms with E-state index in [9.17, 15) is 15.0 Å². The van der Waals surface area contributed by atoms with Gasteiger partial charge in [0, 0.05) is 6.20 Å². The predicted molar refractivity (Wildman–Crippen MR) is 84.2 cm³/mol. The maximum absolute atomic E-state index is 11.3. The van der Waals surface area contributed by atoms with Crippen LogP contribution in [0.4, 0.5) is 11.5 Å². The van der Waals surface area contributed by atoms with Crippen LogP contribution in [0.2, 0.25) is 5.02 Å². The summed E-state index contributed by atoms with van der Waals surface area (Å²) < 4.78 is 1.43. The molecule has 0 fully saturated rings. The highest BCUT2D eigenvalue weighted by Gasteiger charge is 2.18. The van der Waals surface area contributed by atoms with Crippen LogP contribution in [-0.4, -0.2) is 25.6 Å². The molecule has 0 aliphatic rings. The number of hydrogen-bond acceptors (Lipinski definition) is 5. The van der Waals surface area contributed by atoms with Crippen molar-refractivity contribution in [3.63, 3.8) is 0 Å². The van der Waals surface area contributed by atoms with E-state index in [0.29, 0.717) is 10.7 Å². The first kappa shape index (κ1) is 15.0. The van der Waals surface area contributed by atoms with Crippen LogP contribution in [0, 0.1) is 6.92 Å². The van der Waals surface area contributed by atoms with Gasteiger partial charge in [-0.15, -0.1) is 10.2 Å². The van der Waals surface area contributed by atoms with Crippen molar-refractivity contribution in [2.75, 3.05) is 0 Å². The maximum atomic E-state index is 11.3. The third-order valence-corrected chi connectivity index (χ3v) is 3.37. The topological polar surface area (TPSA) is 99.5 Å². The first-order chi connectivity index (χ1) is 11.0. The Labute approximate surface area is 135 Å². The van der Waals surface area contributed by atoms with Gasteiger partial charge in [-0.1, -0.05) is 17.7 Å². The maximum Gasteiger partial charge on any atom is 0.358 e. The molecule has 0 aliphatic carbocycles. The molecule has 0 atom stereocenters. The molecule has 0 spiro atoms. The number of rotatable bonds is 3. The Morgan fingerprint density at radius 2 is 2.04 bits per heavy atom. The van der Waals surface area contributed by atoms with E-state index in [0.717, 1.165) is 5.56 Å². The van der Waals surface area contributed by atoms with Gasteiger partial charge in [-0.2, -0.15) is 0 Å². The predicted octanol–water partition coefficient (Wildman–Crippen LogP) is 4.12. The summed E-state index contributed by atoms with van der Waals surface area (Å²) in [7, 11) is 0. The van der Waals surface area contributed by atoms with Crippen LogP contribution >= 0.6 is 11.6 Å². The number of carboxylic acids is 1. The van der Waals surface area contributed by atoms with Crippen molar-refractivity contribution in [1.82, 2.24) is 9.38 Å². The van der Waals surface area contributed by atoms with Crippen LogP contribution in [0.3, 0.4) is 0 Å². The third-order valence-electron chi connectivity index (χ3n) is 3.14. The van der Waals surface area contributed by atoms with Gasteiger partial charge in [-0.05, 0) is 36.8 Å². The Bertz CT molecular complexity index is 949. The third kappa shape index (κ3) is 2.86. The molecule has 0 radical (unpaired) electrons. The lowest BCUT2D eigenvalue weighted by Crippen LogP contribution is -1.96. The lowest BCUT2D eigenvalue weighted by molar-refractivity contribution is 0.0692. The Kier molecular flexibility index (Phi) is 3.71. The highest BCUT2D eigenvalue weighted by Crippen LogP contribution is 2.30. The number of aromatic nitrogens is 2. The summed E-state index contributed by atoms with van der Waals surface area (Å²) in [6.45, 7) is 1.84. The fourth-order valence-electron chi connectivity index (χ4n) is 2.06. The van der Waals surface area contributed by atoms with Crippen molar-refractivity contribution in [1.29, 1.82) is 0 Å². The highest BCUT2D eigenvalue weighted by atomic mass is 35.5. The van der Waals surface area contributed by atoms with Crippen LogP contribution < -0.4 is 0 Å². The molecule has 0 amide bonds. The number of azo groups is 1. The van der Waals surface area contributed by atoms with Crippen LogP contribution in [0.15, 0.2) is 46.8 Å². The molecule has 7 nitrogen and oxygen atoms in total. The van der Waals surface area contributed by atoms with E-state index in [4.69, 9.17) is 11.6 Å². The fourth-order valence-corrected chi connectivity index (χ4v) is 2.22. The van der Waals surface area contributed by atoms with Gasteiger partial charge < -0.3 is 10.2 Å².